The third-order valence-corrected chi connectivity index (χ3v) is 15.1. The molecular formula is C61H32B11NO. The fourth-order valence-electron chi connectivity index (χ4n) is 11.7. The molecule has 0 fully saturated rings. The summed E-state index contributed by atoms with van der Waals surface area (Å²) in [6, 6.07) is 53.1. The van der Waals surface area contributed by atoms with Gasteiger partial charge in [-0.25, -0.2) is 0 Å². The molecule has 13 heteroatoms. The lowest BCUT2D eigenvalue weighted by Gasteiger charge is -2.35. The van der Waals surface area contributed by atoms with Gasteiger partial charge < -0.3 is 9.32 Å². The molecular weight excluding hydrogens is 882 g/mol. The normalized spacial score (nSPS) is 12.6. The molecule has 1 aromatic heterocycles. The van der Waals surface area contributed by atoms with Gasteiger partial charge in [-0.05, 0) is 108 Å². The van der Waals surface area contributed by atoms with Gasteiger partial charge in [-0.2, -0.15) is 0 Å². The summed E-state index contributed by atoms with van der Waals surface area (Å²) in [4.78, 5) is 2.10. The summed E-state index contributed by atoms with van der Waals surface area (Å²) in [6.07, 6.45) is 0. The largest absolute Gasteiger partial charge is 0.455 e. The fourth-order valence-corrected chi connectivity index (χ4v) is 11.7. The number of benzene rings is 10. The van der Waals surface area contributed by atoms with Crippen LogP contribution in [-0.4, -0.2) is 86.3 Å². The maximum atomic E-state index is 7.47. The van der Waals surface area contributed by atoms with Gasteiger partial charge in [0.25, 0.3) is 0 Å². The SMILES string of the molecule is CC.[B]c1cc2c(c([B])c1[B])-c1c(cc([B])c([B])c1[B])C21c2cc([B])c([B])c([B])c2-c2c1cc(N(c1ccc(-c3cccc4ccccc34)cc1)c1ccc(-c3cccc4c3oc3ccccc34)cc1)c([B])c2[B]. The van der Waals surface area contributed by atoms with E-state index in [2.05, 4.69) is 114 Å². The van der Waals surface area contributed by atoms with Crippen molar-refractivity contribution in [2.24, 2.45) is 0 Å². The van der Waals surface area contributed by atoms with E-state index >= 15 is 0 Å². The maximum absolute atomic E-state index is 7.47. The first-order valence-electron chi connectivity index (χ1n) is 24.3. The Morgan fingerprint density at radius 2 is 0.770 bits per heavy atom. The molecule has 11 aromatic rings. The molecule has 0 amide bonds. The van der Waals surface area contributed by atoms with Crippen LogP contribution in [0.2, 0.25) is 0 Å². The highest BCUT2D eigenvalue weighted by Gasteiger charge is 2.54. The van der Waals surface area contributed by atoms with E-state index in [0.717, 1.165) is 66.3 Å². The highest BCUT2D eigenvalue weighted by atomic mass is 16.3. The molecule has 1 heterocycles. The Bertz CT molecular complexity index is 4090. The molecule has 1 spiro atoms. The van der Waals surface area contributed by atoms with E-state index in [4.69, 9.17) is 90.7 Å². The van der Waals surface area contributed by atoms with Gasteiger partial charge in [0.15, 0.2) is 0 Å². The summed E-state index contributed by atoms with van der Waals surface area (Å²) < 4.78 is 6.48. The van der Waals surface area contributed by atoms with Gasteiger partial charge in [-0.15, -0.1) is 32.8 Å². The minimum Gasteiger partial charge on any atom is -0.455 e. The number of hydrogen-bond donors (Lipinski definition) is 0. The van der Waals surface area contributed by atoms with Crippen molar-refractivity contribution in [1.82, 2.24) is 0 Å². The zero-order valence-electron chi connectivity index (χ0n) is 40.7. The highest BCUT2D eigenvalue weighted by Crippen LogP contribution is 2.61. The Morgan fingerprint density at radius 3 is 1.31 bits per heavy atom. The summed E-state index contributed by atoms with van der Waals surface area (Å²) in [5, 5.41) is 4.37. The average Bonchev–Trinajstić information content (AvgIpc) is 4.07. The average molecular weight is 914 g/mol. The van der Waals surface area contributed by atoms with Gasteiger partial charge in [-0.1, -0.05) is 162 Å². The first-order valence-corrected chi connectivity index (χ1v) is 24.3. The van der Waals surface area contributed by atoms with Crippen LogP contribution in [0.15, 0.2) is 162 Å². The molecule has 2 aliphatic rings. The third kappa shape index (κ3) is 6.67. The molecule has 0 N–H and O–H groups in total. The Balaban J connectivity index is 0.00000275. The Hall–Kier alpha value is -7.23. The molecule has 0 saturated carbocycles. The van der Waals surface area contributed by atoms with Crippen LogP contribution in [0, 0.1) is 0 Å². The van der Waals surface area contributed by atoms with E-state index in [1.165, 1.54) is 0 Å². The second-order valence-electron chi connectivity index (χ2n) is 18.8. The Kier molecular flexibility index (Phi) is 11.4. The second-order valence-corrected chi connectivity index (χ2v) is 18.8. The minimum atomic E-state index is -1.31. The predicted octanol–water partition coefficient (Wildman–Crippen LogP) is 3.64. The van der Waals surface area contributed by atoms with E-state index in [1.807, 2.05) is 62.4 Å². The molecule has 22 radical (unpaired) electrons. The van der Waals surface area contributed by atoms with Crippen LogP contribution in [0.25, 0.3) is 77.2 Å². The van der Waals surface area contributed by atoms with E-state index in [1.54, 1.807) is 0 Å². The van der Waals surface area contributed by atoms with E-state index in [0.29, 0.717) is 50.2 Å². The van der Waals surface area contributed by atoms with Crippen molar-refractivity contribution in [3.8, 4) is 44.5 Å². The molecule has 0 aliphatic heterocycles. The van der Waals surface area contributed by atoms with Crippen LogP contribution in [0.4, 0.5) is 17.1 Å². The summed E-state index contributed by atoms with van der Waals surface area (Å²) in [5.41, 5.74) is 13.8. The van der Waals surface area contributed by atoms with Crippen molar-refractivity contribution in [2.45, 2.75) is 19.3 Å². The quantitative estimate of drug-likeness (QED) is 0.246. The molecule has 13 rings (SSSR count). The van der Waals surface area contributed by atoms with Crippen molar-refractivity contribution in [2.75, 3.05) is 4.90 Å². The summed E-state index contributed by atoms with van der Waals surface area (Å²) in [5.74, 6) is 0. The first kappa shape index (κ1) is 47.8. The number of fused-ring (bicyclic) bond motifs is 14. The fraction of sp³-hybridized carbons (Fsp3) is 0.0492. The Labute approximate surface area is 446 Å². The number of hydrogen-bond acceptors (Lipinski definition) is 2. The van der Waals surface area contributed by atoms with E-state index in [-0.39, 0.29) is 60.1 Å². The molecule has 0 saturated heterocycles. The first-order chi connectivity index (χ1) is 35.8. The number of anilines is 3. The number of rotatable bonds is 5. The van der Waals surface area contributed by atoms with Crippen LogP contribution in [0.5, 0.6) is 0 Å². The van der Waals surface area contributed by atoms with Crippen LogP contribution < -0.4 is 65.0 Å². The highest BCUT2D eigenvalue weighted by molar-refractivity contribution is 6.63. The summed E-state index contributed by atoms with van der Waals surface area (Å²) >= 11 is 0. The lowest BCUT2D eigenvalue weighted by Crippen LogP contribution is -2.43. The lowest BCUT2D eigenvalue weighted by atomic mass is 9.62. The summed E-state index contributed by atoms with van der Waals surface area (Å²) in [6.45, 7) is 4.00. The molecule has 74 heavy (non-hydrogen) atoms. The molecule has 10 aromatic carbocycles. The zero-order chi connectivity index (χ0) is 51.6. The predicted molar refractivity (Wildman–Crippen MR) is 324 cm³/mol. The third-order valence-electron chi connectivity index (χ3n) is 15.1. The van der Waals surface area contributed by atoms with Crippen LogP contribution >= 0.6 is 0 Å². The zero-order valence-corrected chi connectivity index (χ0v) is 40.7. The number of furan rings is 1. The second kappa shape index (κ2) is 17.7. The van der Waals surface area contributed by atoms with Gasteiger partial charge in [0, 0.05) is 33.4 Å². The van der Waals surface area contributed by atoms with Crippen LogP contribution in [0.3, 0.4) is 0 Å². The summed E-state index contributed by atoms with van der Waals surface area (Å²) in [7, 11) is 76.2. The van der Waals surface area contributed by atoms with Crippen molar-refractivity contribution < 1.29 is 4.42 Å². The minimum absolute atomic E-state index is 0.191. The molecule has 2 aliphatic carbocycles. The number of para-hydroxylation sites is 2. The number of nitrogens with zero attached hydrogens (tertiary/aromatic N) is 1. The van der Waals surface area contributed by atoms with Crippen LogP contribution in [-0.2, 0) is 5.41 Å². The molecule has 2 nitrogen and oxygen atoms in total. The van der Waals surface area contributed by atoms with Gasteiger partial charge in [0.1, 0.15) is 97.5 Å². The lowest BCUT2D eigenvalue weighted by molar-refractivity contribution is 0.670. The van der Waals surface area contributed by atoms with Crippen molar-refractivity contribution in [1.29, 1.82) is 0 Å². The van der Waals surface area contributed by atoms with Gasteiger partial charge >= 0.3 is 0 Å². The van der Waals surface area contributed by atoms with Gasteiger partial charge in [-0.3, -0.25) is 0 Å². The van der Waals surface area contributed by atoms with Gasteiger partial charge in [0.2, 0.25) is 0 Å². The smallest absolute Gasteiger partial charge is 0.143 e. The standard InChI is InChI=1S/C59H26B11NO.C2H6/c60-41-23-37-46(54(67)50(41)63)47-38(24-42(61)51(64)55(47)68)59(37)39-25-43(62)52(65)56(69)48(39)49-40(59)26-44(53(66)57(49)70)71(30-19-15-28(16-20-30)33-11-5-8-27-7-1-2-9-32(27)33)31-21-17-29(18-22-31)34-12-6-13-36-35-10-3-4-14-45(35)72-58(34)36;1-2/h1-26H;1-2H3. The van der Waals surface area contributed by atoms with E-state index < -0.39 is 5.41 Å². The molecule has 0 unspecified atom stereocenters. The topological polar surface area (TPSA) is 16.4 Å². The van der Waals surface area contributed by atoms with Crippen molar-refractivity contribution in [3.63, 3.8) is 0 Å². The molecule has 0 bridgehead atoms. The van der Waals surface area contributed by atoms with Crippen molar-refractivity contribution in [3.05, 3.63) is 180 Å². The Morgan fingerprint density at radius 1 is 0.365 bits per heavy atom. The van der Waals surface area contributed by atoms with Gasteiger partial charge in [0.05, 0.1) is 5.41 Å². The van der Waals surface area contributed by atoms with Crippen LogP contribution in [0.1, 0.15) is 36.1 Å². The maximum Gasteiger partial charge on any atom is 0.143 e. The molecule has 320 valence electrons. The van der Waals surface area contributed by atoms with E-state index in [9.17, 15) is 0 Å². The van der Waals surface area contributed by atoms with Crippen molar-refractivity contribution >= 4 is 196 Å². The molecule has 0 atom stereocenters. The monoisotopic (exact) mass is 915 g/mol.